The highest BCUT2D eigenvalue weighted by atomic mass is 35.5. The average molecular weight is 384 g/mol. The predicted molar refractivity (Wildman–Crippen MR) is 103 cm³/mol. The number of rotatable bonds is 3. The van der Waals surface area contributed by atoms with Gasteiger partial charge < -0.3 is 0 Å². The van der Waals surface area contributed by atoms with Crippen LogP contribution in [0.5, 0.6) is 0 Å². The van der Waals surface area contributed by atoms with E-state index in [9.17, 15) is 0 Å². The maximum absolute atomic E-state index is 6.02. The van der Waals surface area contributed by atoms with Gasteiger partial charge in [-0.1, -0.05) is 71.2 Å². The Morgan fingerprint density at radius 2 is 0.652 bits per heavy atom. The van der Waals surface area contributed by atoms with Gasteiger partial charge in [0.15, 0.2) is 0 Å². The van der Waals surface area contributed by atoms with Crippen LogP contribution in [-0.4, -0.2) is 0 Å². The SMILES string of the molecule is Cl.Clc1ccc(C(c2ccc(Cl)cc2)c2ccc(Cl)cc2)cc1. The van der Waals surface area contributed by atoms with Crippen molar-refractivity contribution < 1.29 is 0 Å². The molecule has 0 atom stereocenters. The summed E-state index contributed by atoms with van der Waals surface area (Å²) >= 11 is 18.0. The predicted octanol–water partition coefficient (Wildman–Crippen LogP) is 7.25. The lowest BCUT2D eigenvalue weighted by Crippen LogP contribution is -2.03. The third-order valence-electron chi connectivity index (χ3n) is 3.61. The highest BCUT2D eigenvalue weighted by molar-refractivity contribution is 6.31. The minimum Gasteiger partial charge on any atom is -0.147 e. The summed E-state index contributed by atoms with van der Waals surface area (Å²) in [6, 6.07) is 23.8. The standard InChI is InChI=1S/C19H13Cl3.ClH/c20-16-7-1-13(2-8-16)19(14-3-9-17(21)10-4-14)15-5-11-18(22)12-6-15;/h1-12,19H;1H. The summed E-state index contributed by atoms with van der Waals surface area (Å²) in [7, 11) is 0. The smallest absolute Gasteiger partial charge is 0.0406 e. The Hall–Kier alpha value is -1.18. The van der Waals surface area contributed by atoms with Crippen LogP contribution in [0.1, 0.15) is 22.6 Å². The van der Waals surface area contributed by atoms with E-state index in [-0.39, 0.29) is 18.3 Å². The molecule has 0 aromatic heterocycles. The monoisotopic (exact) mass is 382 g/mol. The molecule has 3 aromatic rings. The van der Waals surface area contributed by atoms with Gasteiger partial charge in [-0.3, -0.25) is 0 Å². The normalized spacial score (nSPS) is 10.4. The van der Waals surface area contributed by atoms with E-state index >= 15 is 0 Å². The molecular formula is C19H14Cl4. The molecule has 0 radical (unpaired) electrons. The maximum atomic E-state index is 6.02. The van der Waals surface area contributed by atoms with Crippen molar-refractivity contribution in [1.29, 1.82) is 0 Å². The second-order valence-corrected chi connectivity index (χ2v) is 6.40. The zero-order valence-corrected chi connectivity index (χ0v) is 15.1. The van der Waals surface area contributed by atoms with Gasteiger partial charge in [-0.05, 0) is 53.1 Å². The number of hydrogen-bond acceptors (Lipinski definition) is 0. The molecular weight excluding hydrogens is 370 g/mol. The van der Waals surface area contributed by atoms with Crippen molar-refractivity contribution in [2.75, 3.05) is 0 Å². The largest absolute Gasteiger partial charge is 0.147 e. The van der Waals surface area contributed by atoms with Gasteiger partial charge >= 0.3 is 0 Å². The molecule has 4 heteroatoms. The Morgan fingerprint density at radius 1 is 0.435 bits per heavy atom. The van der Waals surface area contributed by atoms with Gasteiger partial charge in [0, 0.05) is 21.0 Å². The molecule has 0 bridgehead atoms. The van der Waals surface area contributed by atoms with E-state index in [1.807, 2.05) is 36.4 Å². The van der Waals surface area contributed by atoms with Gasteiger partial charge in [-0.2, -0.15) is 0 Å². The summed E-state index contributed by atoms with van der Waals surface area (Å²) in [5.74, 6) is 0.117. The Kier molecular flexibility index (Phi) is 6.38. The van der Waals surface area contributed by atoms with Crippen molar-refractivity contribution in [2.24, 2.45) is 0 Å². The lowest BCUT2D eigenvalue weighted by molar-refractivity contribution is 0.977. The van der Waals surface area contributed by atoms with Gasteiger partial charge in [0.05, 0.1) is 0 Å². The van der Waals surface area contributed by atoms with Crippen molar-refractivity contribution >= 4 is 47.2 Å². The molecule has 0 spiro atoms. The fourth-order valence-electron chi connectivity index (χ4n) is 2.54. The van der Waals surface area contributed by atoms with Crippen LogP contribution in [0.25, 0.3) is 0 Å². The minimum absolute atomic E-state index is 0. The average Bonchev–Trinajstić information content (AvgIpc) is 2.53. The molecule has 3 rings (SSSR count). The van der Waals surface area contributed by atoms with Crippen LogP contribution in [0.2, 0.25) is 15.1 Å². The van der Waals surface area contributed by atoms with Crippen LogP contribution in [0.4, 0.5) is 0 Å². The van der Waals surface area contributed by atoms with Gasteiger partial charge in [-0.15, -0.1) is 12.4 Å². The first-order chi connectivity index (χ1) is 10.6. The topological polar surface area (TPSA) is 0 Å². The van der Waals surface area contributed by atoms with Crippen LogP contribution in [0.3, 0.4) is 0 Å². The molecule has 0 nitrogen and oxygen atoms in total. The van der Waals surface area contributed by atoms with E-state index in [0.29, 0.717) is 0 Å². The second-order valence-electron chi connectivity index (χ2n) is 5.09. The second kappa shape index (κ2) is 8.08. The summed E-state index contributed by atoms with van der Waals surface area (Å²) in [6.07, 6.45) is 0. The van der Waals surface area contributed by atoms with Crippen LogP contribution >= 0.6 is 47.2 Å². The van der Waals surface area contributed by atoms with E-state index in [0.717, 1.165) is 15.1 Å². The highest BCUT2D eigenvalue weighted by Crippen LogP contribution is 2.33. The minimum atomic E-state index is 0. The van der Waals surface area contributed by atoms with Crippen LogP contribution in [0, 0.1) is 0 Å². The molecule has 23 heavy (non-hydrogen) atoms. The van der Waals surface area contributed by atoms with E-state index in [4.69, 9.17) is 34.8 Å². The van der Waals surface area contributed by atoms with E-state index in [2.05, 4.69) is 36.4 Å². The van der Waals surface area contributed by atoms with Gasteiger partial charge in [-0.25, -0.2) is 0 Å². The zero-order valence-electron chi connectivity index (χ0n) is 12.0. The molecule has 0 heterocycles. The van der Waals surface area contributed by atoms with Crippen molar-refractivity contribution in [3.05, 3.63) is 105 Å². The van der Waals surface area contributed by atoms with Gasteiger partial charge in [0.25, 0.3) is 0 Å². The third kappa shape index (κ3) is 4.43. The maximum Gasteiger partial charge on any atom is 0.0406 e. The van der Waals surface area contributed by atoms with Crippen molar-refractivity contribution in [1.82, 2.24) is 0 Å². The Labute approximate surface area is 157 Å². The van der Waals surface area contributed by atoms with Gasteiger partial charge in [0.1, 0.15) is 0 Å². The lowest BCUT2D eigenvalue weighted by atomic mass is 9.85. The lowest BCUT2D eigenvalue weighted by Gasteiger charge is -2.19. The highest BCUT2D eigenvalue weighted by Gasteiger charge is 2.16. The Morgan fingerprint density at radius 3 is 0.870 bits per heavy atom. The van der Waals surface area contributed by atoms with Crippen molar-refractivity contribution in [3.8, 4) is 0 Å². The molecule has 0 aliphatic rings. The van der Waals surface area contributed by atoms with Crippen LogP contribution in [-0.2, 0) is 0 Å². The van der Waals surface area contributed by atoms with E-state index in [1.54, 1.807) is 0 Å². The molecule has 0 saturated carbocycles. The number of benzene rings is 3. The summed E-state index contributed by atoms with van der Waals surface area (Å²) in [6.45, 7) is 0. The van der Waals surface area contributed by atoms with E-state index in [1.165, 1.54) is 16.7 Å². The first kappa shape index (κ1) is 18.2. The fourth-order valence-corrected chi connectivity index (χ4v) is 2.92. The molecule has 118 valence electrons. The van der Waals surface area contributed by atoms with Crippen molar-refractivity contribution in [2.45, 2.75) is 5.92 Å². The molecule has 0 aliphatic carbocycles. The summed E-state index contributed by atoms with van der Waals surface area (Å²) in [5, 5.41) is 2.19. The molecule has 0 aliphatic heterocycles. The van der Waals surface area contributed by atoms with Crippen molar-refractivity contribution in [3.63, 3.8) is 0 Å². The molecule has 0 N–H and O–H groups in total. The first-order valence-corrected chi connectivity index (χ1v) is 8.03. The van der Waals surface area contributed by atoms with Crippen LogP contribution in [0.15, 0.2) is 72.8 Å². The van der Waals surface area contributed by atoms with Crippen LogP contribution < -0.4 is 0 Å². The summed E-state index contributed by atoms with van der Waals surface area (Å²) in [5.41, 5.74) is 3.53. The zero-order chi connectivity index (χ0) is 15.5. The van der Waals surface area contributed by atoms with Gasteiger partial charge in [0.2, 0.25) is 0 Å². The number of halogens is 4. The molecule has 0 unspecified atom stereocenters. The first-order valence-electron chi connectivity index (χ1n) is 6.90. The summed E-state index contributed by atoms with van der Waals surface area (Å²) in [4.78, 5) is 0. The molecule has 3 aromatic carbocycles. The molecule has 0 fully saturated rings. The molecule has 0 saturated heterocycles. The Bertz CT molecular complexity index is 639. The van der Waals surface area contributed by atoms with E-state index < -0.39 is 0 Å². The Balaban J connectivity index is 0.00000192. The quantitative estimate of drug-likeness (QED) is 0.417. The molecule has 0 amide bonds. The third-order valence-corrected chi connectivity index (χ3v) is 4.37. The summed E-state index contributed by atoms with van der Waals surface area (Å²) < 4.78 is 0. The fraction of sp³-hybridized carbons (Fsp3) is 0.0526. The number of hydrogen-bond donors (Lipinski definition) is 0.